The standard InChI is InChI=1S/C8H14O2/c1-3-7(2)5-4-6-8(9)10/h4,6-7H,3,5H2,1-2H3,(H,9,10)/b6-4+/t7-/m0/s1. The molecule has 0 fully saturated rings. The van der Waals surface area contributed by atoms with Gasteiger partial charge in [0.2, 0.25) is 0 Å². The summed E-state index contributed by atoms with van der Waals surface area (Å²) in [4.78, 5) is 9.98. The summed E-state index contributed by atoms with van der Waals surface area (Å²) in [7, 11) is 0. The molecule has 0 unspecified atom stereocenters. The molecule has 1 N–H and O–H groups in total. The van der Waals surface area contributed by atoms with Gasteiger partial charge in [0, 0.05) is 6.08 Å². The van der Waals surface area contributed by atoms with Crippen molar-refractivity contribution < 1.29 is 9.90 Å². The zero-order chi connectivity index (χ0) is 7.98. The van der Waals surface area contributed by atoms with Crippen LogP contribution in [0.1, 0.15) is 26.7 Å². The molecule has 0 radical (unpaired) electrons. The van der Waals surface area contributed by atoms with Crippen molar-refractivity contribution in [1.82, 2.24) is 0 Å². The maximum Gasteiger partial charge on any atom is 0.327 e. The number of carbonyl (C=O) groups is 1. The molecule has 58 valence electrons. The van der Waals surface area contributed by atoms with Gasteiger partial charge in [0.1, 0.15) is 0 Å². The Hall–Kier alpha value is -0.790. The molecule has 0 heterocycles. The molecule has 0 amide bonds. The first-order valence-electron chi connectivity index (χ1n) is 3.56. The third-order valence-electron chi connectivity index (χ3n) is 1.50. The van der Waals surface area contributed by atoms with E-state index in [0.29, 0.717) is 5.92 Å². The van der Waals surface area contributed by atoms with Gasteiger partial charge in [-0.05, 0) is 12.3 Å². The molecule has 2 heteroatoms. The lowest BCUT2D eigenvalue weighted by Crippen LogP contribution is -1.90. The number of carboxylic acid groups (broad SMARTS) is 1. The third kappa shape index (κ3) is 5.35. The van der Waals surface area contributed by atoms with E-state index in [4.69, 9.17) is 5.11 Å². The van der Waals surface area contributed by atoms with Crippen molar-refractivity contribution in [3.63, 3.8) is 0 Å². The number of hydrogen-bond acceptors (Lipinski definition) is 1. The highest BCUT2D eigenvalue weighted by Gasteiger charge is 1.93. The lowest BCUT2D eigenvalue weighted by atomic mass is 10.1. The van der Waals surface area contributed by atoms with Crippen LogP contribution in [0.3, 0.4) is 0 Å². The molecule has 0 aromatic heterocycles. The lowest BCUT2D eigenvalue weighted by Gasteiger charge is -2.00. The lowest BCUT2D eigenvalue weighted by molar-refractivity contribution is -0.131. The highest BCUT2D eigenvalue weighted by atomic mass is 16.4. The van der Waals surface area contributed by atoms with Crippen molar-refractivity contribution in [1.29, 1.82) is 0 Å². The first-order valence-corrected chi connectivity index (χ1v) is 3.56. The molecule has 10 heavy (non-hydrogen) atoms. The number of allylic oxidation sites excluding steroid dienone is 1. The Labute approximate surface area is 61.6 Å². The highest BCUT2D eigenvalue weighted by molar-refractivity contribution is 5.79. The number of aliphatic carboxylic acids is 1. The summed E-state index contributed by atoms with van der Waals surface area (Å²) in [5.74, 6) is -0.265. The van der Waals surface area contributed by atoms with Crippen molar-refractivity contribution >= 4 is 5.97 Å². The fraction of sp³-hybridized carbons (Fsp3) is 0.625. The highest BCUT2D eigenvalue weighted by Crippen LogP contribution is 2.05. The second-order valence-electron chi connectivity index (χ2n) is 2.49. The van der Waals surface area contributed by atoms with Crippen molar-refractivity contribution in [2.45, 2.75) is 26.7 Å². The molecule has 0 saturated heterocycles. The number of hydrogen-bond donors (Lipinski definition) is 1. The van der Waals surface area contributed by atoms with Crippen LogP contribution in [0.5, 0.6) is 0 Å². The van der Waals surface area contributed by atoms with Crippen LogP contribution in [0.2, 0.25) is 0 Å². The Morgan fingerprint density at radius 1 is 1.70 bits per heavy atom. The smallest absolute Gasteiger partial charge is 0.327 e. The fourth-order valence-corrected chi connectivity index (χ4v) is 0.568. The van der Waals surface area contributed by atoms with Crippen molar-refractivity contribution in [2.24, 2.45) is 5.92 Å². The van der Waals surface area contributed by atoms with Crippen LogP contribution in [0.4, 0.5) is 0 Å². The first-order chi connectivity index (χ1) is 4.66. The van der Waals surface area contributed by atoms with Gasteiger partial charge in [0.25, 0.3) is 0 Å². The van der Waals surface area contributed by atoms with Crippen LogP contribution in [-0.2, 0) is 4.79 Å². The second-order valence-corrected chi connectivity index (χ2v) is 2.49. The Bertz CT molecular complexity index is 127. The topological polar surface area (TPSA) is 37.3 Å². The van der Waals surface area contributed by atoms with E-state index < -0.39 is 5.97 Å². The summed E-state index contributed by atoms with van der Waals surface area (Å²) in [5.41, 5.74) is 0. The van der Waals surface area contributed by atoms with Crippen LogP contribution in [0, 0.1) is 5.92 Å². The normalized spacial score (nSPS) is 13.8. The van der Waals surface area contributed by atoms with E-state index in [0.717, 1.165) is 12.8 Å². The summed E-state index contributed by atoms with van der Waals surface area (Å²) in [6, 6.07) is 0. The van der Waals surface area contributed by atoms with Crippen molar-refractivity contribution in [3.05, 3.63) is 12.2 Å². The van der Waals surface area contributed by atoms with Crippen LogP contribution >= 0.6 is 0 Å². The van der Waals surface area contributed by atoms with E-state index in [1.54, 1.807) is 6.08 Å². The summed E-state index contributed by atoms with van der Waals surface area (Å²) in [6.45, 7) is 4.20. The minimum Gasteiger partial charge on any atom is -0.478 e. The van der Waals surface area contributed by atoms with Gasteiger partial charge in [-0.1, -0.05) is 26.3 Å². The number of rotatable bonds is 4. The van der Waals surface area contributed by atoms with E-state index >= 15 is 0 Å². The quantitative estimate of drug-likeness (QED) is 0.610. The van der Waals surface area contributed by atoms with Crippen LogP contribution in [0.25, 0.3) is 0 Å². The van der Waals surface area contributed by atoms with Crippen molar-refractivity contribution in [2.75, 3.05) is 0 Å². The van der Waals surface area contributed by atoms with Crippen LogP contribution in [-0.4, -0.2) is 11.1 Å². The number of carboxylic acids is 1. The van der Waals surface area contributed by atoms with Gasteiger partial charge in [-0.25, -0.2) is 4.79 Å². The van der Waals surface area contributed by atoms with Gasteiger partial charge in [-0.2, -0.15) is 0 Å². The maximum atomic E-state index is 9.98. The van der Waals surface area contributed by atoms with Gasteiger partial charge < -0.3 is 5.11 Å². The SMILES string of the molecule is CC[C@H](C)C/C=C/C(=O)O. The molecule has 0 bridgehead atoms. The van der Waals surface area contributed by atoms with E-state index in [9.17, 15) is 4.79 Å². The molecule has 0 aromatic rings. The summed E-state index contributed by atoms with van der Waals surface area (Å²) < 4.78 is 0. The average molecular weight is 142 g/mol. The molecule has 1 atom stereocenters. The zero-order valence-electron chi connectivity index (χ0n) is 6.50. The minimum absolute atomic E-state index is 0.593. The molecule has 0 aliphatic rings. The minimum atomic E-state index is -0.858. The Balaban J connectivity index is 3.43. The molecule has 0 aromatic carbocycles. The predicted molar refractivity (Wildman–Crippen MR) is 40.8 cm³/mol. The third-order valence-corrected chi connectivity index (χ3v) is 1.50. The van der Waals surface area contributed by atoms with Gasteiger partial charge >= 0.3 is 5.97 Å². The molecule has 0 aliphatic heterocycles. The monoisotopic (exact) mass is 142 g/mol. The summed E-state index contributed by atoms with van der Waals surface area (Å²) in [5, 5.41) is 8.21. The molecule has 2 nitrogen and oxygen atoms in total. The maximum absolute atomic E-state index is 9.98. The average Bonchev–Trinajstić information content (AvgIpc) is 1.87. The molecular weight excluding hydrogens is 128 g/mol. The molecule has 0 aliphatic carbocycles. The molecule has 0 saturated carbocycles. The zero-order valence-corrected chi connectivity index (χ0v) is 6.50. The fourth-order valence-electron chi connectivity index (χ4n) is 0.568. The van der Waals surface area contributed by atoms with Gasteiger partial charge in [0.05, 0.1) is 0 Å². The van der Waals surface area contributed by atoms with Gasteiger partial charge in [-0.15, -0.1) is 0 Å². The summed E-state index contributed by atoms with van der Waals surface area (Å²) >= 11 is 0. The second kappa shape index (κ2) is 5.03. The largest absolute Gasteiger partial charge is 0.478 e. The first kappa shape index (κ1) is 9.21. The Kier molecular flexibility index (Phi) is 4.63. The van der Waals surface area contributed by atoms with E-state index in [1.807, 2.05) is 0 Å². The van der Waals surface area contributed by atoms with E-state index in [-0.39, 0.29) is 0 Å². The van der Waals surface area contributed by atoms with Gasteiger partial charge in [-0.3, -0.25) is 0 Å². The van der Waals surface area contributed by atoms with E-state index in [1.165, 1.54) is 6.08 Å². The van der Waals surface area contributed by atoms with E-state index in [2.05, 4.69) is 13.8 Å². The van der Waals surface area contributed by atoms with Crippen molar-refractivity contribution in [3.8, 4) is 0 Å². The predicted octanol–water partition coefficient (Wildman–Crippen LogP) is 2.06. The van der Waals surface area contributed by atoms with Crippen LogP contribution in [0.15, 0.2) is 12.2 Å². The molecule has 0 spiro atoms. The summed E-state index contributed by atoms with van der Waals surface area (Å²) in [6.07, 6.45) is 4.87. The van der Waals surface area contributed by atoms with Gasteiger partial charge in [0.15, 0.2) is 0 Å². The Morgan fingerprint density at radius 3 is 2.70 bits per heavy atom. The molecule has 0 rings (SSSR count). The Morgan fingerprint density at radius 2 is 2.30 bits per heavy atom. The van der Waals surface area contributed by atoms with Crippen LogP contribution < -0.4 is 0 Å². The molecular formula is C8H14O2.